The number of rotatable bonds is 6. The van der Waals surface area contributed by atoms with Gasteiger partial charge in [-0.1, -0.05) is 11.6 Å². The van der Waals surface area contributed by atoms with Gasteiger partial charge >= 0.3 is 6.03 Å². The van der Waals surface area contributed by atoms with Gasteiger partial charge < -0.3 is 19.7 Å². The maximum absolute atomic E-state index is 12.2. The number of carbonyl (C=O) groups is 1. The Labute approximate surface area is 160 Å². The molecule has 0 unspecified atom stereocenters. The van der Waals surface area contributed by atoms with E-state index >= 15 is 0 Å². The Morgan fingerprint density at radius 2 is 2.15 bits per heavy atom. The highest BCUT2D eigenvalue weighted by atomic mass is 35.5. The highest BCUT2D eigenvalue weighted by Gasteiger charge is 2.22. The highest BCUT2D eigenvalue weighted by molar-refractivity contribution is 6.30. The summed E-state index contributed by atoms with van der Waals surface area (Å²) in [6, 6.07) is 5.68. The number of nitrogens with one attached hydrogen (secondary N) is 1. The largest absolute Gasteiger partial charge is 0.492 e. The lowest BCUT2D eigenvalue weighted by Crippen LogP contribution is -2.53. The van der Waals surface area contributed by atoms with Gasteiger partial charge in [0.05, 0.1) is 6.10 Å². The topological polar surface area (TPSA) is 54.0 Å². The van der Waals surface area contributed by atoms with Crippen LogP contribution in [0.25, 0.3) is 0 Å². The zero-order valence-electron chi connectivity index (χ0n) is 15.4. The molecule has 2 heterocycles. The minimum absolute atomic E-state index is 0.0215. The third-order valence-corrected chi connectivity index (χ3v) is 5.20. The average molecular weight is 382 g/mol. The predicted molar refractivity (Wildman–Crippen MR) is 102 cm³/mol. The molecule has 1 aromatic carbocycles. The van der Waals surface area contributed by atoms with Gasteiger partial charge in [0.25, 0.3) is 0 Å². The van der Waals surface area contributed by atoms with Crippen molar-refractivity contribution >= 4 is 17.6 Å². The summed E-state index contributed by atoms with van der Waals surface area (Å²) in [7, 11) is 0. The van der Waals surface area contributed by atoms with Crippen LogP contribution in [0.2, 0.25) is 5.02 Å². The van der Waals surface area contributed by atoms with Crippen LogP contribution >= 0.6 is 11.6 Å². The van der Waals surface area contributed by atoms with Gasteiger partial charge in [0.2, 0.25) is 0 Å². The summed E-state index contributed by atoms with van der Waals surface area (Å²) < 4.78 is 11.4. The second-order valence-electron chi connectivity index (χ2n) is 6.91. The first-order chi connectivity index (χ1) is 12.6. The molecule has 0 radical (unpaired) electrons. The lowest BCUT2D eigenvalue weighted by atomic mass is 10.2. The molecule has 1 atom stereocenters. The molecule has 3 rings (SSSR count). The van der Waals surface area contributed by atoms with E-state index in [1.54, 1.807) is 0 Å². The molecule has 2 aliphatic heterocycles. The maximum Gasteiger partial charge on any atom is 0.317 e. The summed E-state index contributed by atoms with van der Waals surface area (Å²) in [4.78, 5) is 16.4. The molecule has 144 valence electrons. The molecule has 0 aromatic heterocycles. The first kappa shape index (κ1) is 19.3. The minimum Gasteiger partial charge on any atom is -0.492 e. The Hall–Kier alpha value is -1.50. The molecule has 7 heteroatoms. The van der Waals surface area contributed by atoms with Crippen molar-refractivity contribution in [1.82, 2.24) is 15.1 Å². The number of amides is 2. The Balaban J connectivity index is 1.32. The Morgan fingerprint density at radius 3 is 2.85 bits per heavy atom. The molecule has 0 bridgehead atoms. The lowest BCUT2D eigenvalue weighted by molar-refractivity contribution is 0.102. The molecule has 6 nitrogen and oxygen atoms in total. The summed E-state index contributed by atoms with van der Waals surface area (Å²) in [5, 5.41) is 3.72. The number of benzene rings is 1. The predicted octanol–water partition coefficient (Wildman–Crippen LogP) is 2.53. The summed E-state index contributed by atoms with van der Waals surface area (Å²) in [6.07, 6.45) is 2.33. The van der Waals surface area contributed by atoms with Crippen LogP contribution in [0.15, 0.2) is 18.2 Å². The smallest absolute Gasteiger partial charge is 0.317 e. The molecule has 0 spiro atoms. The number of ether oxygens (including phenoxy) is 2. The van der Waals surface area contributed by atoms with Crippen molar-refractivity contribution in [3.8, 4) is 5.75 Å². The molecular weight excluding hydrogens is 354 g/mol. The van der Waals surface area contributed by atoms with Crippen LogP contribution in [0.1, 0.15) is 18.4 Å². The summed E-state index contributed by atoms with van der Waals surface area (Å²) in [5.41, 5.74) is 1.05. The standard InChI is InChI=1S/C19H28ClN3O3/c1-15-13-16(20)4-5-18(15)26-12-10-22-6-8-23(9-7-22)19(24)21-14-17-3-2-11-25-17/h4-5,13,17H,2-3,6-12,14H2,1H3,(H,21,24)/t17-/m0/s1. The number of carbonyl (C=O) groups excluding carboxylic acids is 1. The van der Waals surface area contributed by atoms with E-state index in [0.717, 1.165) is 68.5 Å². The van der Waals surface area contributed by atoms with E-state index < -0.39 is 0 Å². The van der Waals surface area contributed by atoms with Gasteiger partial charge in [0.1, 0.15) is 12.4 Å². The Morgan fingerprint density at radius 1 is 1.35 bits per heavy atom. The number of urea groups is 1. The van der Waals surface area contributed by atoms with E-state index in [1.165, 1.54) is 0 Å². The Bertz CT molecular complexity index is 600. The second-order valence-corrected chi connectivity index (χ2v) is 7.34. The van der Waals surface area contributed by atoms with Gasteiger partial charge in [0.15, 0.2) is 0 Å². The van der Waals surface area contributed by atoms with Crippen LogP contribution in [-0.4, -0.2) is 74.4 Å². The number of halogens is 1. The van der Waals surface area contributed by atoms with E-state index in [-0.39, 0.29) is 12.1 Å². The SMILES string of the molecule is Cc1cc(Cl)ccc1OCCN1CCN(C(=O)NC[C@@H]2CCCO2)CC1. The van der Waals surface area contributed by atoms with E-state index in [2.05, 4.69) is 10.2 Å². The number of hydrogen-bond acceptors (Lipinski definition) is 4. The van der Waals surface area contributed by atoms with Gasteiger partial charge in [0, 0.05) is 50.9 Å². The first-order valence-electron chi connectivity index (χ1n) is 9.37. The third kappa shape index (κ3) is 5.50. The zero-order chi connectivity index (χ0) is 18.4. The molecule has 2 aliphatic rings. The molecule has 26 heavy (non-hydrogen) atoms. The van der Waals surface area contributed by atoms with Crippen LogP contribution in [0.3, 0.4) is 0 Å². The van der Waals surface area contributed by atoms with Gasteiger partial charge in [-0.3, -0.25) is 4.90 Å². The van der Waals surface area contributed by atoms with E-state index in [1.807, 2.05) is 30.0 Å². The lowest BCUT2D eigenvalue weighted by Gasteiger charge is -2.34. The van der Waals surface area contributed by atoms with Gasteiger partial charge in [-0.25, -0.2) is 4.79 Å². The van der Waals surface area contributed by atoms with E-state index in [9.17, 15) is 4.79 Å². The number of nitrogens with zero attached hydrogens (tertiary/aromatic N) is 2. The normalized spacial score (nSPS) is 21.0. The van der Waals surface area contributed by atoms with Crippen molar-refractivity contribution < 1.29 is 14.3 Å². The first-order valence-corrected chi connectivity index (χ1v) is 9.75. The number of hydrogen-bond donors (Lipinski definition) is 1. The monoisotopic (exact) mass is 381 g/mol. The van der Waals surface area contributed by atoms with Crippen LogP contribution in [0.4, 0.5) is 4.79 Å². The van der Waals surface area contributed by atoms with Crippen LogP contribution in [0.5, 0.6) is 5.75 Å². The van der Waals surface area contributed by atoms with E-state index in [0.29, 0.717) is 13.2 Å². The number of aryl methyl sites for hydroxylation is 1. The van der Waals surface area contributed by atoms with Crippen molar-refractivity contribution in [1.29, 1.82) is 0 Å². The average Bonchev–Trinajstić information content (AvgIpc) is 3.16. The summed E-state index contributed by atoms with van der Waals surface area (Å²) in [6.45, 7) is 8.15. The second kappa shape index (κ2) is 9.44. The van der Waals surface area contributed by atoms with Gasteiger partial charge in [-0.05, 0) is 43.5 Å². The molecule has 0 aliphatic carbocycles. The zero-order valence-corrected chi connectivity index (χ0v) is 16.1. The van der Waals surface area contributed by atoms with Gasteiger partial charge in [-0.2, -0.15) is 0 Å². The summed E-state index contributed by atoms with van der Waals surface area (Å²) >= 11 is 5.96. The molecule has 2 amide bonds. The molecule has 0 saturated carbocycles. The van der Waals surface area contributed by atoms with E-state index in [4.69, 9.17) is 21.1 Å². The van der Waals surface area contributed by atoms with Crippen molar-refractivity contribution in [3.05, 3.63) is 28.8 Å². The van der Waals surface area contributed by atoms with Crippen molar-refractivity contribution in [2.75, 3.05) is 52.5 Å². The third-order valence-electron chi connectivity index (χ3n) is 4.97. The quantitative estimate of drug-likeness (QED) is 0.822. The summed E-state index contributed by atoms with van der Waals surface area (Å²) in [5.74, 6) is 0.876. The fourth-order valence-corrected chi connectivity index (χ4v) is 3.58. The van der Waals surface area contributed by atoms with Crippen LogP contribution in [0, 0.1) is 6.92 Å². The van der Waals surface area contributed by atoms with Crippen molar-refractivity contribution in [3.63, 3.8) is 0 Å². The van der Waals surface area contributed by atoms with Crippen molar-refractivity contribution in [2.24, 2.45) is 0 Å². The van der Waals surface area contributed by atoms with Crippen LogP contribution in [-0.2, 0) is 4.74 Å². The Kier molecular flexibility index (Phi) is 7.00. The number of piperazine rings is 1. The minimum atomic E-state index is 0.0215. The maximum atomic E-state index is 12.2. The molecule has 1 N–H and O–H groups in total. The van der Waals surface area contributed by atoms with Gasteiger partial charge in [-0.15, -0.1) is 0 Å². The molecular formula is C19H28ClN3O3. The van der Waals surface area contributed by atoms with Crippen LogP contribution < -0.4 is 10.1 Å². The fourth-order valence-electron chi connectivity index (χ4n) is 3.35. The molecule has 2 fully saturated rings. The fraction of sp³-hybridized carbons (Fsp3) is 0.632. The molecule has 1 aromatic rings. The highest BCUT2D eigenvalue weighted by Crippen LogP contribution is 2.21. The molecule has 2 saturated heterocycles. The van der Waals surface area contributed by atoms with Crippen molar-refractivity contribution in [2.45, 2.75) is 25.9 Å².